The highest BCUT2D eigenvalue weighted by molar-refractivity contribution is 5.80. The number of guanidine groups is 1. The van der Waals surface area contributed by atoms with Crippen molar-refractivity contribution in [1.29, 1.82) is 0 Å². The molecule has 1 unspecified atom stereocenters. The van der Waals surface area contributed by atoms with Gasteiger partial charge in [-0.05, 0) is 37.5 Å². The van der Waals surface area contributed by atoms with Crippen LogP contribution in [0.15, 0.2) is 23.2 Å². The summed E-state index contributed by atoms with van der Waals surface area (Å²) < 4.78 is 10.6. The van der Waals surface area contributed by atoms with Gasteiger partial charge in [0.1, 0.15) is 11.5 Å². The van der Waals surface area contributed by atoms with Gasteiger partial charge >= 0.3 is 0 Å². The maximum atomic E-state index is 12.0. The number of hydrogen-bond donors (Lipinski definition) is 3. The Kier molecular flexibility index (Phi) is 8.36. The number of aliphatic hydroxyl groups excluding tert-OH is 1. The maximum Gasteiger partial charge on any atom is 0.234 e. The first kappa shape index (κ1) is 23.1. The number of nitrogens with one attached hydrogen (secondary N) is 2. The van der Waals surface area contributed by atoms with Crippen molar-refractivity contribution in [2.24, 2.45) is 4.99 Å². The van der Waals surface area contributed by atoms with Crippen molar-refractivity contribution in [1.82, 2.24) is 20.4 Å². The van der Waals surface area contributed by atoms with Crippen molar-refractivity contribution in [3.8, 4) is 11.5 Å². The third-order valence-electron chi connectivity index (χ3n) is 5.49. The van der Waals surface area contributed by atoms with Gasteiger partial charge in [0.15, 0.2) is 5.96 Å². The Bertz CT molecular complexity index is 738. The molecule has 1 aromatic carbocycles. The molecule has 0 radical (unpaired) electrons. The Labute approximate surface area is 184 Å². The van der Waals surface area contributed by atoms with Crippen LogP contribution in [0.5, 0.6) is 11.5 Å². The molecular weight excluding hydrogens is 398 g/mol. The minimum absolute atomic E-state index is 0.119. The Morgan fingerprint density at radius 1 is 1.16 bits per heavy atom. The summed E-state index contributed by atoms with van der Waals surface area (Å²) >= 11 is 0. The number of carbonyl (C=O) groups is 1. The van der Waals surface area contributed by atoms with Crippen molar-refractivity contribution in [2.45, 2.75) is 31.9 Å². The van der Waals surface area contributed by atoms with Crippen molar-refractivity contribution < 1.29 is 19.4 Å². The van der Waals surface area contributed by atoms with E-state index in [0.717, 1.165) is 51.5 Å². The van der Waals surface area contributed by atoms with E-state index in [2.05, 4.69) is 25.4 Å². The van der Waals surface area contributed by atoms with E-state index >= 15 is 0 Å². The second-order valence-electron chi connectivity index (χ2n) is 7.96. The number of aliphatic imine (C=N–C) groups is 1. The van der Waals surface area contributed by atoms with Gasteiger partial charge < -0.3 is 30.1 Å². The highest BCUT2D eigenvalue weighted by Crippen LogP contribution is 2.26. The predicted molar refractivity (Wildman–Crippen MR) is 120 cm³/mol. The summed E-state index contributed by atoms with van der Waals surface area (Å²) in [6.45, 7) is 6.62. The lowest BCUT2D eigenvalue weighted by molar-refractivity contribution is -0.122. The van der Waals surface area contributed by atoms with E-state index in [1.807, 2.05) is 6.92 Å². The summed E-state index contributed by atoms with van der Waals surface area (Å²) in [5, 5.41) is 17.0. The molecule has 1 saturated heterocycles. The van der Waals surface area contributed by atoms with Crippen LogP contribution in [-0.4, -0.2) is 92.8 Å². The van der Waals surface area contributed by atoms with E-state index < -0.39 is 6.10 Å². The topological polar surface area (TPSA) is 98.7 Å². The van der Waals surface area contributed by atoms with Crippen LogP contribution < -0.4 is 20.1 Å². The number of ether oxygens (including phenoxy) is 2. The fourth-order valence-corrected chi connectivity index (χ4v) is 3.55. The Hall–Kier alpha value is -2.52. The van der Waals surface area contributed by atoms with Gasteiger partial charge in [-0.15, -0.1) is 0 Å². The summed E-state index contributed by atoms with van der Waals surface area (Å²) in [5.41, 5.74) is 0.697. The first-order valence-corrected chi connectivity index (χ1v) is 11.0. The van der Waals surface area contributed by atoms with Gasteiger partial charge in [0.05, 0.1) is 33.4 Å². The SMILES string of the molecule is CCNC(=NCC(O)c1cc(OC)cc(OC)c1)N1CCN(CC(=O)NC2CC2)CC1. The molecule has 1 aromatic rings. The fraction of sp³-hybridized carbons (Fsp3) is 0.636. The molecule has 3 rings (SSSR count). The minimum Gasteiger partial charge on any atom is -0.497 e. The van der Waals surface area contributed by atoms with E-state index in [1.54, 1.807) is 32.4 Å². The summed E-state index contributed by atoms with van der Waals surface area (Å²) in [7, 11) is 3.17. The predicted octanol–water partition coefficient (Wildman–Crippen LogP) is 0.599. The normalized spacial score (nSPS) is 18.5. The molecule has 0 bridgehead atoms. The van der Waals surface area contributed by atoms with E-state index in [1.165, 1.54) is 0 Å². The molecule has 3 N–H and O–H groups in total. The first-order chi connectivity index (χ1) is 15.0. The summed E-state index contributed by atoms with van der Waals surface area (Å²) in [4.78, 5) is 21.0. The van der Waals surface area contributed by atoms with Crippen LogP contribution in [0, 0.1) is 0 Å². The number of aliphatic hydroxyl groups is 1. The van der Waals surface area contributed by atoms with Crippen molar-refractivity contribution >= 4 is 11.9 Å². The fourth-order valence-electron chi connectivity index (χ4n) is 3.55. The summed E-state index contributed by atoms with van der Waals surface area (Å²) in [5.74, 6) is 2.16. The van der Waals surface area contributed by atoms with Gasteiger partial charge in [0.2, 0.25) is 5.91 Å². The molecule has 2 aliphatic rings. The van der Waals surface area contributed by atoms with Crippen LogP contribution in [-0.2, 0) is 4.79 Å². The molecule has 9 nitrogen and oxygen atoms in total. The quantitative estimate of drug-likeness (QED) is 0.387. The number of benzene rings is 1. The largest absolute Gasteiger partial charge is 0.497 e. The number of rotatable bonds is 9. The molecule has 9 heteroatoms. The second kappa shape index (κ2) is 11.2. The number of hydrogen-bond acceptors (Lipinski definition) is 6. The maximum absolute atomic E-state index is 12.0. The van der Waals surface area contributed by atoms with Gasteiger partial charge in [-0.1, -0.05) is 0 Å². The van der Waals surface area contributed by atoms with Gasteiger partial charge in [-0.25, -0.2) is 0 Å². The van der Waals surface area contributed by atoms with E-state index in [-0.39, 0.29) is 12.5 Å². The molecular formula is C22H35N5O4. The average Bonchev–Trinajstić information content (AvgIpc) is 3.60. The second-order valence-corrected chi connectivity index (χ2v) is 7.96. The third kappa shape index (κ3) is 7.00. The third-order valence-corrected chi connectivity index (χ3v) is 5.49. The van der Waals surface area contributed by atoms with E-state index in [0.29, 0.717) is 29.6 Å². The molecule has 0 aromatic heterocycles. The zero-order valence-electron chi connectivity index (χ0n) is 18.8. The number of methoxy groups -OCH3 is 2. The van der Waals surface area contributed by atoms with Gasteiger partial charge in [0.25, 0.3) is 0 Å². The van der Waals surface area contributed by atoms with Crippen LogP contribution in [0.1, 0.15) is 31.4 Å². The Morgan fingerprint density at radius 3 is 2.35 bits per heavy atom. The lowest BCUT2D eigenvalue weighted by Crippen LogP contribution is -2.54. The standard InChI is InChI=1S/C22H35N5O4/c1-4-23-22(24-14-20(28)16-11-18(30-2)13-19(12-16)31-3)27-9-7-26(8-10-27)15-21(29)25-17-5-6-17/h11-13,17,20,28H,4-10,14-15H2,1-3H3,(H,23,24)(H,25,29). The monoisotopic (exact) mass is 433 g/mol. The molecule has 0 spiro atoms. The zero-order valence-corrected chi connectivity index (χ0v) is 18.8. The molecule has 1 atom stereocenters. The van der Waals surface area contributed by atoms with E-state index in [9.17, 15) is 9.90 Å². The minimum atomic E-state index is -0.773. The van der Waals surface area contributed by atoms with E-state index in [4.69, 9.17) is 9.47 Å². The molecule has 1 aliphatic heterocycles. The van der Waals surface area contributed by atoms with Gasteiger partial charge in [0, 0.05) is 44.8 Å². The average molecular weight is 434 g/mol. The highest BCUT2D eigenvalue weighted by atomic mass is 16.5. The molecule has 1 amide bonds. The van der Waals surface area contributed by atoms with Crippen molar-refractivity contribution in [3.63, 3.8) is 0 Å². The van der Waals surface area contributed by atoms with Gasteiger partial charge in [-0.3, -0.25) is 14.7 Å². The van der Waals surface area contributed by atoms with Crippen LogP contribution in [0.3, 0.4) is 0 Å². The zero-order chi connectivity index (χ0) is 22.2. The molecule has 1 saturated carbocycles. The molecule has 31 heavy (non-hydrogen) atoms. The molecule has 172 valence electrons. The van der Waals surface area contributed by atoms with Crippen molar-refractivity contribution in [3.05, 3.63) is 23.8 Å². The number of carbonyl (C=O) groups excluding carboxylic acids is 1. The van der Waals surface area contributed by atoms with Crippen LogP contribution >= 0.6 is 0 Å². The lowest BCUT2D eigenvalue weighted by atomic mass is 10.1. The highest BCUT2D eigenvalue weighted by Gasteiger charge is 2.26. The Morgan fingerprint density at radius 2 is 1.81 bits per heavy atom. The molecule has 2 fully saturated rings. The lowest BCUT2D eigenvalue weighted by Gasteiger charge is -2.36. The molecule has 1 aliphatic carbocycles. The number of amides is 1. The Balaban J connectivity index is 1.55. The number of nitrogens with zero attached hydrogens (tertiary/aromatic N) is 3. The first-order valence-electron chi connectivity index (χ1n) is 11.0. The van der Waals surface area contributed by atoms with Crippen LogP contribution in [0.25, 0.3) is 0 Å². The van der Waals surface area contributed by atoms with Crippen molar-refractivity contribution in [2.75, 3.05) is 60.0 Å². The summed E-state index contributed by atoms with van der Waals surface area (Å²) in [6.07, 6.45) is 1.44. The number of piperazine rings is 1. The molecule has 1 heterocycles. The smallest absolute Gasteiger partial charge is 0.234 e. The van der Waals surface area contributed by atoms with Crippen LogP contribution in [0.4, 0.5) is 0 Å². The van der Waals surface area contributed by atoms with Gasteiger partial charge in [-0.2, -0.15) is 0 Å². The summed E-state index contributed by atoms with van der Waals surface area (Å²) in [6, 6.07) is 5.76. The van der Waals surface area contributed by atoms with Crippen LogP contribution in [0.2, 0.25) is 0 Å².